The van der Waals surface area contributed by atoms with Gasteiger partial charge in [0.2, 0.25) is 0 Å². The van der Waals surface area contributed by atoms with Crippen LogP contribution in [-0.2, 0) is 9.59 Å². The maximum Gasteiger partial charge on any atom is 0.313 e. The number of hydrogen-bond donors (Lipinski definition) is 3. The van der Waals surface area contributed by atoms with Crippen molar-refractivity contribution in [3.05, 3.63) is 46.2 Å². The molecular formula is C17H20N2O4S. The van der Waals surface area contributed by atoms with Crippen molar-refractivity contribution in [3.8, 4) is 5.75 Å². The van der Waals surface area contributed by atoms with E-state index in [-0.39, 0.29) is 6.54 Å². The van der Waals surface area contributed by atoms with Gasteiger partial charge in [0.25, 0.3) is 0 Å². The van der Waals surface area contributed by atoms with E-state index in [1.807, 2.05) is 30.5 Å². The van der Waals surface area contributed by atoms with E-state index in [1.54, 1.807) is 12.1 Å². The minimum Gasteiger partial charge on any atom is -0.495 e. The van der Waals surface area contributed by atoms with Crippen LogP contribution < -0.4 is 15.4 Å². The fourth-order valence-corrected chi connectivity index (χ4v) is 2.87. The molecule has 3 N–H and O–H groups in total. The SMILES string of the molecule is COc1ccc(C)cc1NC(=O)C(=O)NCC[C@H](O)c1cccs1. The summed E-state index contributed by atoms with van der Waals surface area (Å²) in [6.45, 7) is 2.08. The van der Waals surface area contributed by atoms with E-state index in [9.17, 15) is 14.7 Å². The maximum absolute atomic E-state index is 12.0. The first-order valence-corrected chi connectivity index (χ1v) is 8.34. The van der Waals surface area contributed by atoms with Gasteiger partial charge in [0.05, 0.1) is 18.9 Å². The molecule has 128 valence electrons. The number of anilines is 1. The number of carbonyl (C=O) groups is 2. The summed E-state index contributed by atoms with van der Waals surface area (Å²) in [4.78, 5) is 24.6. The molecule has 1 atom stereocenters. The number of thiophene rings is 1. The van der Waals surface area contributed by atoms with Gasteiger partial charge in [-0.15, -0.1) is 11.3 Å². The molecule has 0 aliphatic heterocycles. The molecule has 2 amide bonds. The van der Waals surface area contributed by atoms with Gasteiger partial charge in [0, 0.05) is 11.4 Å². The van der Waals surface area contributed by atoms with E-state index in [4.69, 9.17) is 4.74 Å². The number of amides is 2. The van der Waals surface area contributed by atoms with Crippen LogP contribution in [0.1, 0.15) is 23.0 Å². The summed E-state index contributed by atoms with van der Waals surface area (Å²) in [5.74, 6) is -1.05. The van der Waals surface area contributed by atoms with Gasteiger partial charge in [0.1, 0.15) is 5.75 Å². The normalized spacial score (nSPS) is 11.6. The highest BCUT2D eigenvalue weighted by Crippen LogP contribution is 2.25. The van der Waals surface area contributed by atoms with Crippen molar-refractivity contribution >= 4 is 28.8 Å². The zero-order valence-electron chi connectivity index (χ0n) is 13.5. The Morgan fingerprint density at radius 3 is 2.75 bits per heavy atom. The summed E-state index contributed by atoms with van der Waals surface area (Å²) in [7, 11) is 1.49. The number of methoxy groups -OCH3 is 1. The Labute approximate surface area is 144 Å². The van der Waals surface area contributed by atoms with Gasteiger partial charge in [-0.25, -0.2) is 0 Å². The second-order valence-electron chi connectivity index (χ2n) is 5.23. The predicted octanol–water partition coefficient (Wildman–Crippen LogP) is 2.24. The standard InChI is InChI=1S/C17H20N2O4S/c1-11-5-6-14(23-2)12(10-11)19-17(22)16(21)18-8-7-13(20)15-4-3-9-24-15/h3-6,9-10,13,20H,7-8H2,1-2H3,(H,18,21)(H,19,22)/t13-/m0/s1. The number of nitrogens with one attached hydrogen (secondary N) is 2. The Bertz CT molecular complexity index is 701. The number of aliphatic hydroxyl groups excluding tert-OH is 1. The second-order valence-corrected chi connectivity index (χ2v) is 6.21. The van der Waals surface area contributed by atoms with Crippen LogP contribution in [0, 0.1) is 6.92 Å². The van der Waals surface area contributed by atoms with Gasteiger partial charge in [0.15, 0.2) is 0 Å². The Morgan fingerprint density at radius 2 is 2.08 bits per heavy atom. The smallest absolute Gasteiger partial charge is 0.313 e. The summed E-state index contributed by atoms with van der Waals surface area (Å²) < 4.78 is 5.16. The molecule has 6 nitrogen and oxygen atoms in total. The number of rotatable bonds is 6. The average molecular weight is 348 g/mol. The molecule has 0 fully saturated rings. The number of benzene rings is 1. The minimum atomic E-state index is -0.774. The van der Waals surface area contributed by atoms with Gasteiger partial charge in [-0.05, 0) is 42.5 Å². The average Bonchev–Trinajstić information content (AvgIpc) is 3.09. The zero-order valence-corrected chi connectivity index (χ0v) is 14.4. The molecule has 0 aliphatic rings. The lowest BCUT2D eigenvalue weighted by Gasteiger charge is -2.12. The van der Waals surface area contributed by atoms with Crippen molar-refractivity contribution in [2.24, 2.45) is 0 Å². The molecule has 0 aliphatic carbocycles. The third-order valence-electron chi connectivity index (χ3n) is 3.38. The molecule has 0 saturated carbocycles. The quantitative estimate of drug-likeness (QED) is 0.699. The molecule has 0 unspecified atom stereocenters. The molecule has 2 rings (SSSR count). The van der Waals surface area contributed by atoms with E-state index >= 15 is 0 Å². The van der Waals surface area contributed by atoms with Crippen molar-refractivity contribution in [2.45, 2.75) is 19.4 Å². The van der Waals surface area contributed by atoms with Gasteiger partial charge in [-0.3, -0.25) is 9.59 Å². The minimum absolute atomic E-state index is 0.205. The molecule has 1 heterocycles. The molecule has 7 heteroatoms. The molecule has 0 spiro atoms. The Hall–Kier alpha value is -2.38. The molecule has 1 aromatic carbocycles. The fraction of sp³-hybridized carbons (Fsp3) is 0.294. The van der Waals surface area contributed by atoms with Crippen molar-refractivity contribution in [1.82, 2.24) is 5.32 Å². The first-order valence-electron chi connectivity index (χ1n) is 7.46. The third-order valence-corrected chi connectivity index (χ3v) is 4.36. The van der Waals surface area contributed by atoms with Crippen molar-refractivity contribution in [3.63, 3.8) is 0 Å². The van der Waals surface area contributed by atoms with Crippen LogP contribution in [0.15, 0.2) is 35.7 Å². The molecule has 0 bridgehead atoms. The topological polar surface area (TPSA) is 87.7 Å². The first-order chi connectivity index (χ1) is 11.5. The van der Waals surface area contributed by atoms with Crippen molar-refractivity contribution < 1.29 is 19.4 Å². The highest BCUT2D eigenvalue weighted by atomic mass is 32.1. The van der Waals surface area contributed by atoms with Crippen LogP contribution in [-0.4, -0.2) is 30.6 Å². The van der Waals surface area contributed by atoms with E-state index < -0.39 is 17.9 Å². The molecule has 1 aromatic heterocycles. The number of carbonyl (C=O) groups excluding carboxylic acids is 2. The lowest BCUT2D eigenvalue weighted by atomic mass is 10.2. The van der Waals surface area contributed by atoms with Gasteiger partial charge in [-0.1, -0.05) is 12.1 Å². The highest BCUT2D eigenvalue weighted by molar-refractivity contribution is 7.10. The van der Waals surface area contributed by atoms with Gasteiger partial charge >= 0.3 is 11.8 Å². The van der Waals surface area contributed by atoms with E-state index in [2.05, 4.69) is 10.6 Å². The molecular weight excluding hydrogens is 328 g/mol. The summed E-state index contributed by atoms with van der Waals surface area (Å²) >= 11 is 1.45. The fourth-order valence-electron chi connectivity index (χ4n) is 2.12. The molecule has 24 heavy (non-hydrogen) atoms. The molecule has 0 saturated heterocycles. The Kier molecular flexibility index (Phi) is 6.34. The highest BCUT2D eigenvalue weighted by Gasteiger charge is 2.16. The maximum atomic E-state index is 12.0. The van der Waals surface area contributed by atoms with Crippen molar-refractivity contribution in [1.29, 1.82) is 0 Å². The van der Waals surface area contributed by atoms with Crippen LogP contribution in [0.3, 0.4) is 0 Å². The number of aliphatic hydroxyl groups is 1. The first kappa shape index (κ1) is 18.0. The summed E-state index contributed by atoms with van der Waals surface area (Å²) in [5, 5.41) is 16.8. The predicted molar refractivity (Wildman–Crippen MR) is 93.3 cm³/mol. The Morgan fingerprint density at radius 1 is 1.29 bits per heavy atom. The van der Waals surface area contributed by atoms with Crippen molar-refractivity contribution in [2.75, 3.05) is 19.0 Å². The third kappa shape index (κ3) is 4.81. The second kappa shape index (κ2) is 8.47. The van der Waals surface area contributed by atoms with Gasteiger partial charge < -0.3 is 20.5 Å². The van der Waals surface area contributed by atoms with Crippen LogP contribution in [0.25, 0.3) is 0 Å². The van der Waals surface area contributed by atoms with Crippen LogP contribution in [0.2, 0.25) is 0 Å². The largest absolute Gasteiger partial charge is 0.495 e. The van der Waals surface area contributed by atoms with Crippen LogP contribution >= 0.6 is 11.3 Å². The van der Waals surface area contributed by atoms with E-state index in [0.717, 1.165) is 10.4 Å². The summed E-state index contributed by atoms with van der Waals surface area (Å²) in [6, 6.07) is 8.98. The van der Waals surface area contributed by atoms with Gasteiger partial charge in [-0.2, -0.15) is 0 Å². The molecule has 0 radical (unpaired) electrons. The number of hydrogen-bond acceptors (Lipinski definition) is 5. The summed E-state index contributed by atoms with van der Waals surface area (Å²) in [6.07, 6.45) is -0.307. The van der Waals surface area contributed by atoms with E-state index in [0.29, 0.717) is 17.9 Å². The van der Waals surface area contributed by atoms with Crippen LogP contribution in [0.5, 0.6) is 5.75 Å². The zero-order chi connectivity index (χ0) is 17.5. The van der Waals surface area contributed by atoms with E-state index in [1.165, 1.54) is 18.4 Å². The summed E-state index contributed by atoms with van der Waals surface area (Å²) in [5.41, 5.74) is 1.38. The van der Waals surface area contributed by atoms with Crippen LogP contribution in [0.4, 0.5) is 5.69 Å². The number of aryl methyl sites for hydroxylation is 1. The monoisotopic (exact) mass is 348 g/mol. The lowest BCUT2D eigenvalue weighted by Crippen LogP contribution is -2.36. The molecule has 2 aromatic rings. The Balaban J connectivity index is 1.84. The lowest BCUT2D eigenvalue weighted by molar-refractivity contribution is -0.136. The number of ether oxygens (including phenoxy) is 1.